The molecule has 1 aromatic carbocycles. The number of hydrogen-bond acceptors (Lipinski definition) is 5. The van der Waals surface area contributed by atoms with Crippen LogP contribution in [0.15, 0.2) is 30.3 Å². The van der Waals surface area contributed by atoms with Crippen LogP contribution in [-0.4, -0.2) is 43.5 Å². The standard InChI is InChI=1S/C22H26ClN3O4S/c1-13(2)10-16(25-22(29)18-6-7-19(23)31-18)21(28)24-15-4-5-17(14(3)11-15)26-8-9-30-12-20(26)27/h4-7,11,13,16H,8-10,12H2,1-3H3,(H,24,28)(H,25,29). The van der Waals surface area contributed by atoms with Crippen LogP contribution in [0.1, 0.15) is 35.5 Å². The average Bonchev–Trinajstić information content (AvgIpc) is 3.14. The summed E-state index contributed by atoms with van der Waals surface area (Å²) in [6.45, 7) is 6.95. The lowest BCUT2D eigenvalue weighted by molar-refractivity contribution is -0.125. The predicted molar refractivity (Wildman–Crippen MR) is 123 cm³/mol. The van der Waals surface area contributed by atoms with Crippen LogP contribution in [0.3, 0.4) is 0 Å². The van der Waals surface area contributed by atoms with E-state index < -0.39 is 6.04 Å². The molecule has 0 bridgehead atoms. The fourth-order valence-corrected chi connectivity index (χ4v) is 4.35. The average molecular weight is 464 g/mol. The molecule has 1 atom stereocenters. The monoisotopic (exact) mass is 463 g/mol. The lowest BCUT2D eigenvalue weighted by Crippen LogP contribution is -2.44. The zero-order valence-corrected chi connectivity index (χ0v) is 19.3. The van der Waals surface area contributed by atoms with Crippen LogP contribution in [0, 0.1) is 12.8 Å². The number of anilines is 2. The first kappa shape index (κ1) is 23.2. The van der Waals surface area contributed by atoms with E-state index in [0.29, 0.717) is 34.5 Å². The van der Waals surface area contributed by atoms with Crippen LogP contribution in [0.25, 0.3) is 0 Å². The fourth-order valence-electron chi connectivity index (χ4n) is 3.41. The highest BCUT2D eigenvalue weighted by molar-refractivity contribution is 7.18. The van der Waals surface area contributed by atoms with Gasteiger partial charge in [-0.05, 0) is 55.2 Å². The topological polar surface area (TPSA) is 87.7 Å². The van der Waals surface area contributed by atoms with Crippen molar-refractivity contribution in [2.24, 2.45) is 5.92 Å². The largest absolute Gasteiger partial charge is 0.370 e. The minimum absolute atomic E-state index is 0.0734. The van der Waals surface area contributed by atoms with E-state index in [1.54, 1.807) is 23.1 Å². The minimum atomic E-state index is -0.686. The summed E-state index contributed by atoms with van der Waals surface area (Å²) in [5, 5.41) is 5.70. The Kier molecular flexibility index (Phi) is 7.69. The Hall–Kier alpha value is -2.42. The number of thiophene rings is 1. The van der Waals surface area contributed by atoms with E-state index in [0.717, 1.165) is 11.3 Å². The molecule has 1 aliphatic rings. The quantitative estimate of drug-likeness (QED) is 0.652. The second-order valence-corrected chi connectivity index (χ2v) is 9.56. The van der Waals surface area contributed by atoms with Gasteiger partial charge in [-0.25, -0.2) is 0 Å². The number of halogens is 1. The number of morpholine rings is 1. The van der Waals surface area contributed by atoms with Crippen molar-refractivity contribution in [3.8, 4) is 0 Å². The molecular formula is C22H26ClN3O4S. The summed E-state index contributed by atoms with van der Waals surface area (Å²) in [5.41, 5.74) is 2.27. The van der Waals surface area contributed by atoms with Crippen molar-refractivity contribution in [2.75, 3.05) is 30.0 Å². The van der Waals surface area contributed by atoms with Gasteiger partial charge in [0.15, 0.2) is 0 Å². The molecule has 1 unspecified atom stereocenters. The molecule has 7 nitrogen and oxygen atoms in total. The van der Waals surface area contributed by atoms with Gasteiger partial charge >= 0.3 is 0 Å². The molecule has 0 aliphatic carbocycles. The van der Waals surface area contributed by atoms with Gasteiger partial charge in [0.05, 0.1) is 15.8 Å². The third-order valence-electron chi connectivity index (χ3n) is 4.87. The van der Waals surface area contributed by atoms with Crippen molar-refractivity contribution < 1.29 is 19.1 Å². The molecule has 0 spiro atoms. The Labute approximate surface area is 190 Å². The summed E-state index contributed by atoms with van der Waals surface area (Å²) in [6, 6.07) is 8.01. The minimum Gasteiger partial charge on any atom is -0.370 e. The normalized spacial score (nSPS) is 15.1. The first-order valence-electron chi connectivity index (χ1n) is 10.1. The summed E-state index contributed by atoms with van der Waals surface area (Å²) >= 11 is 7.09. The molecule has 3 amide bonds. The second kappa shape index (κ2) is 10.3. The number of ether oxygens (including phenoxy) is 1. The molecule has 3 rings (SSSR count). The molecule has 1 aromatic heterocycles. The SMILES string of the molecule is Cc1cc(NC(=O)C(CC(C)C)NC(=O)c2ccc(Cl)s2)ccc1N1CCOCC1=O. The second-order valence-electron chi connectivity index (χ2n) is 7.85. The van der Waals surface area contributed by atoms with Gasteiger partial charge in [-0.15, -0.1) is 11.3 Å². The Morgan fingerprint density at radius 1 is 1.26 bits per heavy atom. The van der Waals surface area contributed by atoms with Gasteiger partial charge in [-0.2, -0.15) is 0 Å². The highest BCUT2D eigenvalue weighted by Gasteiger charge is 2.25. The van der Waals surface area contributed by atoms with E-state index in [4.69, 9.17) is 16.3 Å². The molecular weight excluding hydrogens is 438 g/mol. The zero-order valence-electron chi connectivity index (χ0n) is 17.7. The maximum Gasteiger partial charge on any atom is 0.262 e. The summed E-state index contributed by atoms with van der Waals surface area (Å²) in [5.74, 6) is -0.492. The van der Waals surface area contributed by atoms with Crippen molar-refractivity contribution >= 4 is 52.0 Å². The number of aryl methyl sites for hydroxylation is 1. The molecule has 1 aliphatic heterocycles. The first-order valence-corrected chi connectivity index (χ1v) is 11.3. The van der Waals surface area contributed by atoms with Crippen molar-refractivity contribution in [1.82, 2.24) is 5.32 Å². The molecule has 166 valence electrons. The molecule has 31 heavy (non-hydrogen) atoms. The van der Waals surface area contributed by atoms with Gasteiger partial charge < -0.3 is 20.3 Å². The number of carbonyl (C=O) groups is 3. The molecule has 1 fully saturated rings. The van der Waals surface area contributed by atoms with Crippen molar-refractivity contribution in [3.63, 3.8) is 0 Å². The number of amides is 3. The summed E-state index contributed by atoms with van der Waals surface area (Å²) < 4.78 is 5.70. The van der Waals surface area contributed by atoms with Crippen molar-refractivity contribution in [1.29, 1.82) is 0 Å². The Morgan fingerprint density at radius 3 is 2.65 bits per heavy atom. The third kappa shape index (κ3) is 6.06. The van der Waals surface area contributed by atoms with Crippen LogP contribution >= 0.6 is 22.9 Å². The highest BCUT2D eigenvalue weighted by atomic mass is 35.5. The van der Waals surface area contributed by atoms with Crippen LogP contribution in [0.4, 0.5) is 11.4 Å². The molecule has 0 radical (unpaired) electrons. The number of rotatable bonds is 7. The van der Waals surface area contributed by atoms with Crippen LogP contribution in [0.2, 0.25) is 4.34 Å². The molecule has 2 heterocycles. The van der Waals surface area contributed by atoms with Crippen LogP contribution in [-0.2, 0) is 14.3 Å². The van der Waals surface area contributed by atoms with Gasteiger partial charge in [-0.3, -0.25) is 14.4 Å². The maximum atomic E-state index is 12.9. The van der Waals surface area contributed by atoms with Crippen LogP contribution in [0.5, 0.6) is 0 Å². The van der Waals surface area contributed by atoms with E-state index in [9.17, 15) is 14.4 Å². The van der Waals surface area contributed by atoms with E-state index >= 15 is 0 Å². The van der Waals surface area contributed by atoms with Gasteiger partial charge in [0.25, 0.3) is 11.8 Å². The lowest BCUT2D eigenvalue weighted by Gasteiger charge is -2.28. The van der Waals surface area contributed by atoms with Gasteiger partial charge in [0, 0.05) is 17.9 Å². The van der Waals surface area contributed by atoms with E-state index in [2.05, 4.69) is 10.6 Å². The number of hydrogen-bond donors (Lipinski definition) is 2. The lowest BCUT2D eigenvalue weighted by atomic mass is 10.0. The zero-order chi connectivity index (χ0) is 22.5. The summed E-state index contributed by atoms with van der Waals surface area (Å²) in [4.78, 5) is 39.7. The molecule has 2 aromatic rings. The molecule has 0 saturated carbocycles. The fraction of sp³-hybridized carbons (Fsp3) is 0.409. The van der Waals surface area contributed by atoms with Crippen molar-refractivity contribution in [3.05, 3.63) is 45.1 Å². The number of nitrogens with zero attached hydrogens (tertiary/aromatic N) is 1. The van der Waals surface area contributed by atoms with E-state index in [1.165, 1.54) is 11.3 Å². The van der Waals surface area contributed by atoms with Crippen molar-refractivity contribution in [2.45, 2.75) is 33.2 Å². The summed E-state index contributed by atoms with van der Waals surface area (Å²) in [6.07, 6.45) is 0.496. The maximum absolute atomic E-state index is 12.9. The summed E-state index contributed by atoms with van der Waals surface area (Å²) in [7, 11) is 0. The van der Waals surface area contributed by atoms with Gasteiger partial charge in [-0.1, -0.05) is 25.4 Å². The smallest absolute Gasteiger partial charge is 0.262 e. The van der Waals surface area contributed by atoms with E-state index in [1.807, 2.05) is 32.9 Å². The van der Waals surface area contributed by atoms with Gasteiger partial charge in [0.2, 0.25) is 5.91 Å². The Balaban J connectivity index is 1.71. The Bertz CT molecular complexity index is 975. The first-order chi connectivity index (χ1) is 14.7. The van der Waals surface area contributed by atoms with E-state index in [-0.39, 0.29) is 30.2 Å². The predicted octanol–water partition coefficient (Wildman–Crippen LogP) is 3.86. The number of nitrogens with one attached hydrogen (secondary N) is 2. The third-order valence-corrected chi connectivity index (χ3v) is 6.10. The molecule has 9 heteroatoms. The number of carbonyl (C=O) groups excluding carboxylic acids is 3. The number of benzene rings is 1. The van der Waals surface area contributed by atoms with Crippen LogP contribution < -0.4 is 15.5 Å². The Morgan fingerprint density at radius 2 is 2.03 bits per heavy atom. The highest BCUT2D eigenvalue weighted by Crippen LogP contribution is 2.25. The molecule has 2 N–H and O–H groups in total. The van der Waals surface area contributed by atoms with Gasteiger partial charge in [0.1, 0.15) is 12.6 Å². The molecule has 1 saturated heterocycles.